The Kier molecular flexibility index (Phi) is 5.29. The minimum absolute atomic E-state index is 0.0182. The number of nitrogens with zero attached hydrogens (tertiary/aromatic N) is 1. The van der Waals surface area contributed by atoms with Gasteiger partial charge in [-0.1, -0.05) is 48.5 Å². The van der Waals surface area contributed by atoms with Crippen LogP contribution in [-0.4, -0.2) is 36.9 Å². The number of hydrogen-bond acceptors (Lipinski definition) is 3. The minimum Gasteiger partial charge on any atom is -0.497 e. The zero-order chi connectivity index (χ0) is 20.2. The standard InChI is InChI=1S/C24H22N2O3/c1-29-19-13-11-17(12-14-19)22-20-9-5-6-10-21(20)24(28)26(22)16-15-25-23(27)18-7-3-2-4-8-18/h2-14,22H,15-16H2,1H3,(H,25,27). The molecule has 0 aromatic heterocycles. The molecular formula is C24H22N2O3. The van der Waals surface area contributed by atoms with Crippen molar-refractivity contribution in [3.05, 3.63) is 101 Å². The second kappa shape index (κ2) is 8.19. The largest absolute Gasteiger partial charge is 0.497 e. The van der Waals surface area contributed by atoms with Crippen LogP contribution in [0.1, 0.15) is 37.9 Å². The molecule has 1 aliphatic heterocycles. The van der Waals surface area contributed by atoms with Gasteiger partial charge in [0.05, 0.1) is 13.2 Å². The van der Waals surface area contributed by atoms with Gasteiger partial charge in [0, 0.05) is 24.2 Å². The molecule has 1 aliphatic rings. The third-order valence-corrected chi connectivity index (χ3v) is 5.16. The van der Waals surface area contributed by atoms with Gasteiger partial charge in [0.15, 0.2) is 0 Å². The molecule has 5 heteroatoms. The van der Waals surface area contributed by atoms with Crippen LogP contribution < -0.4 is 10.1 Å². The lowest BCUT2D eigenvalue weighted by Gasteiger charge is -2.26. The Bertz CT molecular complexity index is 1020. The normalized spacial score (nSPS) is 15.1. The molecule has 1 heterocycles. The summed E-state index contributed by atoms with van der Waals surface area (Å²) < 4.78 is 5.25. The molecular weight excluding hydrogens is 364 g/mol. The van der Waals surface area contributed by atoms with E-state index in [-0.39, 0.29) is 17.9 Å². The van der Waals surface area contributed by atoms with E-state index in [2.05, 4.69) is 5.32 Å². The average molecular weight is 386 g/mol. The van der Waals surface area contributed by atoms with E-state index in [9.17, 15) is 9.59 Å². The van der Waals surface area contributed by atoms with Gasteiger partial charge in [0.1, 0.15) is 5.75 Å². The van der Waals surface area contributed by atoms with Crippen molar-refractivity contribution in [1.82, 2.24) is 10.2 Å². The van der Waals surface area contributed by atoms with Gasteiger partial charge in [-0.2, -0.15) is 0 Å². The van der Waals surface area contributed by atoms with Gasteiger partial charge in [-0.3, -0.25) is 9.59 Å². The Balaban J connectivity index is 1.54. The number of carbonyl (C=O) groups is 2. The summed E-state index contributed by atoms with van der Waals surface area (Å²) in [5.74, 6) is 0.610. The van der Waals surface area contributed by atoms with Gasteiger partial charge < -0.3 is 15.0 Å². The van der Waals surface area contributed by atoms with E-state index < -0.39 is 0 Å². The molecule has 3 aromatic carbocycles. The van der Waals surface area contributed by atoms with Crippen LogP contribution in [0.15, 0.2) is 78.9 Å². The van der Waals surface area contributed by atoms with Crippen LogP contribution in [0.5, 0.6) is 5.75 Å². The predicted octanol–water partition coefficient (Wildman–Crippen LogP) is 3.67. The predicted molar refractivity (Wildman–Crippen MR) is 111 cm³/mol. The van der Waals surface area contributed by atoms with E-state index in [1.807, 2.05) is 71.6 Å². The second-order valence-electron chi connectivity index (χ2n) is 6.88. The molecule has 0 saturated carbocycles. The van der Waals surface area contributed by atoms with Gasteiger partial charge in [-0.05, 0) is 41.5 Å². The van der Waals surface area contributed by atoms with E-state index in [1.54, 1.807) is 19.2 Å². The summed E-state index contributed by atoms with van der Waals surface area (Å²) in [6.07, 6.45) is 0. The smallest absolute Gasteiger partial charge is 0.255 e. The number of benzene rings is 3. The molecule has 3 aromatic rings. The summed E-state index contributed by atoms with van der Waals surface area (Å²) in [6.45, 7) is 0.795. The van der Waals surface area contributed by atoms with Gasteiger partial charge in [0.2, 0.25) is 0 Å². The first-order chi connectivity index (χ1) is 14.2. The summed E-state index contributed by atoms with van der Waals surface area (Å²) in [5, 5.41) is 2.91. The van der Waals surface area contributed by atoms with Gasteiger partial charge in [-0.15, -0.1) is 0 Å². The van der Waals surface area contributed by atoms with Crippen LogP contribution in [0.2, 0.25) is 0 Å². The number of fused-ring (bicyclic) bond motifs is 1. The van der Waals surface area contributed by atoms with Gasteiger partial charge >= 0.3 is 0 Å². The summed E-state index contributed by atoms with van der Waals surface area (Å²) in [4.78, 5) is 27.2. The highest BCUT2D eigenvalue weighted by Gasteiger charge is 2.37. The van der Waals surface area contributed by atoms with Crippen LogP contribution in [0, 0.1) is 0 Å². The van der Waals surface area contributed by atoms with Crippen molar-refractivity contribution >= 4 is 11.8 Å². The molecule has 0 spiro atoms. The summed E-state index contributed by atoms with van der Waals surface area (Å²) in [6, 6.07) is 24.3. The fourth-order valence-electron chi connectivity index (χ4n) is 3.73. The lowest BCUT2D eigenvalue weighted by molar-refractivity contribution is 0.0742. The maximum atomic E-state index is 13.0. The maximum absolute atomic E-state index is 13.0. The Labute approximate surface area is 169 Å². The molecule has 1 unspecified atom stereocenters. The Morgan fingerprint density at radius 1 is 0.966 bits per heavy atom. The van der Waals surface area contributed by atoms with Crippen LogP contribution in [0.4, 0.5) is 0 Å². The molecule has 1 atom stereocenters. The van der Waals surface area contributed by atoms with Crippen molar-refractivity contribution in [2.75, 3.05) is 20.2 Å². The summed E-state index contributed by atoms with van der Waals surface area (Å²) >= 11 is 0. The molecule has 29 heavy (non-hydrogen) atoms. The second-order valence-corrected chi connectivity index (χ2v) is 6.88. The van der Waals surface area contributed by atoms with Crippen molar-refractivity contribution in [2.24, 2.45) is 0 Å². The zero-order valence-electron chi connectivity index (χ0n) is 16.2. The number of rotatable bonds is 6. The van der Waals surface area contributed by atoms with Crippen molar-refractivity contribution in [3.63, 3.8) is 0 Å². The molecule has 0 aliphatic carbocycles. The molecule has 0 bridgehead atoms. The van der Waals surface area contributed by atoms with Crippen LogP contribution in [0.3, 0.4) is 0 Å². The number of hydrogen-bond donors (Lipinski definition) is 1. The van der Waals surface area contributed by atoms with Gasteiger partial charge in [0.25, 0.3) is 11.8 Å². The summed E-state index contributed by atoms with van der Waals surface area (Å²) in [5.41, 5.74) is 3.31. The Morgan fingerprint density at radius 3 is 2.38 bits per heavy atom. The van der Waals surface area contributed by atoms with E-state index >= 15 is 0 Å². The van der Waals surface area contributed by atoms with Crippen molar-refractivity contribution in [3.8, 4) is 5.75 Å². The average Bonchev–Trinajstić information content (AvgIpc) is 3.06. The van der Waals surface area contributed by atoms with Crippen LogP contribution in [-0.2, 0) is 0 Å². The highest BCUT2D eigenvalue weighted by atomic mass is 16.5. The SMILES string of the molecule is COc1ccc(C2c3ccccc3C(=O)N2CCNC(=O)c2ccccc2)cc1. The quantitative estimate of drug-likeness (QED) is 0.703. The number of nitrogens with one attached hydrogen (secondary N) is 1. The highest BCUT2D eigenvalue weighted by Crippen LogP contribution is 2.38. The first-order valence-electron chi connectivity index (χ1n) is 9.56. The Morgan fingerprint density at radius 2 is 1.66 bits per heavy atom. The fraction of sp³-hybridized carbons (Fsp3) is 0.167. The van der Waals surface area contributed by atoms with Crippen LogP contribution >= 0.6 is 0 Å². The maximum Gasteiger partial charge on any atom is 0.255 e. The zero-order valence-corrected chi connectivity index (χ0v) is 16.2. The van der Waals surface area contributed by atoms with E-state index in [1.165, 1.54) is 0 Å². The molecule has 0 radical (unpaired) electrons. The van der Waals surface area contributed by atoms with E-state index in [0.29, 0.717) is 24.2 Å². The van der Waals surface area contributed by atoms with Crippen molar-refractivity contribution in [2.45, 2.75) is 6.04 Å². The molecule has 5 nitrogen and oxygen atoms in total. The number of amides is 2. The first-order valence-corrected chi connectivity index (χ1v) is 9.56. The highest BCUT2D eigenvalue weighted by molar-refractivity contribution is 6.00. The minimum atomic E-state index is -0.182. The van der Waals surface area contributed by atoms with Crippen molar-refractivity contribution in [1.29, 1.82) is 0 Å². The molecule has 2 amide bonds. The lowest BCUT2D eigenvalue weighted by atomic mass is 9.98. The first kappa shape index (κ1) is 18.7. The van der Waals surface area contributed by atoms with Crippen molar-refractivity contribution < 1.29 is 14.3 Å². The monoisotopic (exact) mass is 386 g/mol. The number of ether oxygens (including phenoxy) is 1. The molecule has 146 valence electrons. The fourth-order valence-corrected chi connectivity index (χ4v) is 3.73. The van der Waals surface area contributed by atoms with Crippen LogP contribution in [0.25, 0.3) is 0 Å². The third kappa shape index (κ3) is 3.72. The number of carbonyl (C=O) groups excluding carboxylic acids is 2. The van der Waals surface area contributed by atoms with Gasteiger partial charge in [-0.25, -0.2) is 0 Å². The molecule has 0 saturated heterocycles. The topological polar surface area (TPSA) is 58.6 Å². The van der Waals surface area contributed by atoms with E-state index in [4.69, 9.17) is 4.74 Å². The summed E-state index contributed by atoms with van der Waals surface area (Å²) in [7, 11) is 1.63. The molecule has 1 N–H and O–H groups in total. The van der Waals surface area contributed by atoms with E-state index in [0.717, 1.165) is 16.9 Å². The Hall–Kier alpha value is -3.60. The third-order valence-electron chi connectivity index (χ3n) is 5.16. The number of methoxy groups -OCH3 is 1. The lowest BCUT2D eigenvalue weighted by Crippen LogP contribution is -2.37. The molecule has 4 rings (SSSR count). The molecule has 0 fully saturated rings.